The quantitative estimate of drug-likeness (QED) is 0.527. The Labute approximate surface area is 198 Å². The van der Waals surface area contributed by atoms with Crippen molar-refractivity contribution in [2.75, 3.05) is 33.3 Å². The van der Waals surface area contributed by atoms with Crippen LogP contribution in [0.4, 0.5) is 0 Å². The zero-order valence-corrected chi connectivity index (χ0v) is 19.2. The van der Waals surface area contributed by atoms with Gasteiger partial charge in [-0.1, -0.05) is 66.2 Å². The van der Waals surface area contributed by atoms with E-state index in [1.54, 1.807) is 25.3 Å². The molecule has 1 aliphatic heterocycles. The molecule has 0 radical (unpaired) electrons. The molecule has 1 saturated heterocycles. The van der Waals surface area contributed by atoms with Crippen LogP contribution in [0.2, 0.25) is 5.02 Å². The van der Waals surface area contributed by atoms with Crippen LogP contribution in [-0.2, 0) is 12.1 Å². The van der Waals surface area contributed by atoms with Gasteiger partial charge < -0.3 is 4.74 Å². The fraction of sp³-hybridized carbons (Fsp3) is 0.259. The van der Waals surface area contributed by atoms with Crippen LogP contribution < -0.4 is 4.74 Å². The topological polar surface area (TPSA) is 49.9 Å². The van der Waals surface area contributed by atoms with E-state index in [1.165, 1.54) is 5.56 Å². The van der Waals surface area contributed by atoms with Gasteiger partial charge in [0.15, 0.2) is 17.1 Å². The smallest absolute Gasteiger partial charge is 0.197 e. The second-order valence-electron chi connectivity index (χ2n) is 8.51. The van der Waals surface area contributed by atoms with Crippen LogP contribution in [0.15, 0.2) is 72.8 Å². The Morgan fingerprint density at radius 1 is 0.879 bits per heavy atom. The lowest BCUT2D eigenvalue weighted by molar-refractivity contribution is 0.0279. The predicted octanol–water partition coefficient (Wildman–Crippen LogP) is 4.44. The van der Waals surface area contributed by atoms with Gasteiger partial charge in [0.2, 0.25) is 0 Å². The van der Waals surface area contributed by atoms with Crippen LogP contribution in [0.5, 0.6) is 5.75 Å². The number of ether oxygens (including phenoxy) is 1. The molecule has 0 spiro atoms. The van der Waals surface area contributed by atoms with Crippen molar-refractivity contribution >= 4 is 23.2 Å². The standard InChI is InChI=1S/C27H25ClN2O3/c1-33-21-10-5-7-19(17-21)18-29-13-15-30(16-14-29)27(20-8-3-2-4-9-20)25(31)22-11-6-12-23(28)24(22)26(27)32/h2-12,17H,13-16,18H2,1H3. The van der Waals surface area contributed by atoms with Gasteiger partial charge in [-0.05, 0) is 29.3 Å². The second kappa shape index (κ2) is 8.75. The molecule has 33 heavy (non-hydrogen) atoms. The van der Waals surface area contributed by atoms with E-state index >= 15 is 0 Å². The molecule has 1 unspecified atom stereocenters. The minimum atomic E-state index is -1.36. The van der Waals surface area contributed by atoms with E-state index in [-0.39, 0.29) is 11.6 Å². The molecular formula is C27H25ClN2O3. The molecule has 0 N–H and O–H groups in total. The van der Waals surface area contributed by atoms with Crippen molar-refractivity contribution in [1.82, 2.24) is 9.80 Å². The first kappa shape index (κ1) is 21.8. The monoisotopic (exact) mass is 460 g/mol. The first-order valence-electron chi connectivity index (χ1n) is 11.1. The Morgan fingerprint density at radius 3 is 2.30 bits per heavy atom. The van der Waals surface area contributed by atoms with Gasteiger partial charge in [-0.3, -0.25) is 19.4 Å². The molecule has 3 aromatic carbocycles. The number of halogens is 1. The first-order chi connectivity index (χ1) is 16.1. The molecule has 5 rings (SSSR count). The number of ketones is 2. The van der Waals surface area contributed by atoms with Crippen LogP contribution in [0.1, 0.15) is 31.8 Å². The molecule has 5 nitrogen and oxygen atoms in total. The summed E-state index contributed by atoms with van der Waals surface area (Å²) in [6, 6.07) is 22.6. The van der Waals surface area contributed by atoms with Crippen molar-refractivity contribution < 1.29 is 14.3 Å². The number of carbonyl (C=O) groups is 2. The maximum Gasteiger partial charge on any atom is 0.197 e. The number of piperazine rings is 1. The van der Waals surface area contributed by atoms with Crippen LogP contribution in [0, 0.1) is 0 Å². The highest BCUT2D eigenvalue weighted by molar-refractivity contribution is 6.41. The summed E-state index contributed by atoms with van der Waals surface area (Å²) in [7, 11) is 1.67. The van der Waals surface area contributed by atoms with Gasteiger partial charge in [0, 0.05) is 43.9 Å². The van der Waals surface area contributed by atoms with Crippen molar-refractivity contribution in [3.63, 3.8) is 0 Å². The fourth-order valence-corrected chi connectivity index (χ4v) is 5.37. The van der Waals surface area contributed by atoms with Gasteiger partial charge >= 0.3 is 0 Å². The summed E-state index contributed by atoms with van der Waals surface area (Å²) in [6.07, 6.45) is 0. The highest BCUT2D eigenvalue weighted by Gasteiger charge is 2.58. The number of methoxy groups -OCH3 is 1. The zero-order valence-electron chi connectivity index (χ0n) is 18.5. The molecule has 1 aliphatic carbocycles. The van der Waals surface area contributed by atoms with E-state index in [1.807, 2.05) is 53.4 Å². The lowest BCUT2D eigenvalue weighted by Gasteiger charge is -2.44. The van der Waals surface area contributed by atoms with Gasteiger partial charge in [-0.25, -0.2) is 0 Å². The average Bonchev–Trinajstić information content (AvgIpc) is 3.08. The van der Waals surface area contributed by atoms with E-state index in [9.17, 15) is 9.59 Å². The third kappa shape index (κ3) is 3.57. The molecule has 168 valence electrons. The first-order valence-corrected chi connectivity index (χ1v) is 11.5. The van der Waals surface area contributed by atoms with E-state index < -0.39 is 5.54 Å². The lowest BCUT2D eigenvalue weighted by Crippen LogP contribution is -2.60. The maximum absolute atomic E-state index is 13.9. The number of rotatable bonds is 5. The Kier molecular flexibility index (Phi) is 5.79. The van der Waals surface area contributed by atoms with E-state index in [2.05, 4.69) is 11.0 Å². The number of nitrogens with zero attached hydrogens (tertiary/aromatic N) is 2. The molecule has 0 aromatic heterocycles. The van der Waals surface area contributed by atoms with E-state index in [4.69, 9.17) is 16.3 Å². The second-order valence-corrected chi connectivity index (χ2v) is 8.92. The highest BCUT2D eigenvalue weighted by Crippen LogP contribution is 2.45. The molecule has 0 amide bonds. The van der Waals surface area contributed by atoms with Crippen LogP contribution in [-0.4, -0.2) is 54.7 Å². The Bertz CT molecular complexity index is 1200. The van der Waals surface area contributed by atoms with E-state index in [0.717, 1.165) is 25.4 Å². The average molecular weight is 461 g/mol. The molecular weight excluding hydrogens is 436 g/mol. The van der Waals surface area contributed by atoms with Gasteiger partial charge in [0.25, 0.3) is 0 Å². The fourth-order valence-electron chi connectivity index (χ4n) is 5.10. The molecule has 1 fully saturated rings. The number of carbonyl (C=O) groups excluding carboxylic acids is 2. The SMILES string of the molecule is COc1cccc(CN2CCN(C3(c4ccccc4)C(=O)c4cccc(Cl)c4C3=O)CC2)c1. The summed E-state index contributed by atoms with van der Waals surface area (Å²) in [5.74, 6) is 0.434. The minimum Gasteiger partial charge on any atom is -0.497 e. The molecule has 6 heteroatoms. The van der Waals surface area contributed by atoms with Crippen molar-refractivity contribution in [2.45, 2.75) is 12.1 Å². The van der Waals surface area contributed by atoms with Gasteiger partial charge in [-0.15, -0.1) is 0 Å². The Morgan fingerprint density at radius 2 is 1.61 bits per heavy atom. The lowest BCUT2D eigenvalue weighted by atomic mass is 9.82. The molecule has 2 aliphatic rings. The third-order valence-electron chi connectivity index (χ3n) is 6.72. The van der Waals surface area contributed by atoms with Gasteiger partial charge in [0.1, 0.15) is 5.75 Å². The highest BCUT2D eigenvalue weighted by atomic mass is 35.5. The van der Waals surface area contributed by atoms with Crippen LogP contribution >= 0.6 is 11.6 Å². The number of benzene rings is 3. The van der Waals surface area contributed by atoms with Crippen molar-refractivity contribution in [3.8, 4) is 5.75 Å². The summed E-state index contributed by atoms with van der Waals surface area (Å²) in [6.45, 7) is 3.48. The predicted molar refractivity (Wildman–Crippen MR) is 128 cm³/mol. The van der Waals surface area contributed by atoms with Crippen LogP contribution in [0.25, 0.3) is 0 Å². The molecule has 1 heterocycles. The Balaban J connectivity index is 1.45. The van der Waals surface area contributed by atoms with Gasteiger partial charge in [0.05, 0.1) is 12.1 Å². The molecule has 0 saturated carbocycles. The van der Waals surface area contributed by atoms with Crippen molar-refractivity contribution in [1.29, 1.82) is 0 Å². The zero-order chi connectivity index (χ0) is 23.0. The summed E-state index contributed by atoms with van der Waals surface area (Å²) >= 11 is 6.41. The summed E-state index contributed by atoms with van der Waals surface area (Å²) in [5.41, 5.74) is 1.26. The van der Waals surface area contributed by atoms with Crippen LogP contribution in [0.3, 0.4) is 0 Å². The summed E-state index contributed by atoms with van der Waals surface area (Å²) in [4.78, 5) is 32.2. The number of fused-ring (bicyclic) bond motifs is 1. The van der Waals surface area contributed by atoms with E-state index in [0.29, 0.717) is 34.8 Å². The molecule has 1 atom stereocenters. The third-order valence-corrected chi connectivity index (χ3v) is 7.04. The normalized spacial score (nSPS) is 21.3. The number of hydrogen-bond acceptors (Lipinski definition) is 5. The Hall–Kier alpha value is -2.99. The molecule has 0 bridgehead atoms. The number of Topliss-reactive ketones (excluding diaryl/α,β-unsaturated/α-hetero) is 2. The van der Waals surface area contributed by atoms with Crippen molar-refractivity contribution in [3.05, 3.63) is 100 Å². The summed E-state index contributed by atoms with van der Waals surface area (Å²) < 4.78 is 5.34. The maximum atomic E-state index is 13.9. The van der Waals surface area contributed by atoms with Gasteiger partial charge in [-0.2, -0.15) is 0 Å². The van der Waals surface area contributed by atoms with Crippen molar-refractivity contribution in [2.24, 2.45) is 0 Å². The summed E-state index contributed by atoms with van der Waals surface area (Å²) in [5, 5.41) is 0.334. The minimum absolute atomic E-state index is 0.183. The largest absolute Gasteiger partial charge is 0.497 e. The number of hydrogen-bond donors (Lipinski definition) is 0. The molecule has 3 aromatic rings.